The number of carboxylic acid groups (broad SMARTS) is 3. The largest absolute Gasteiger partial charge is 0.481 e. The van der Waals surface area contributed by atoms with Crippen LogP contribution in [0.25, 0.3) is 0 Å². The van der Waals surface area contributed by atoms with Gasteiger partial charge in [-0.05, 0) is 40.0 Å². The topological polar surface area (TPSA) is 112 Å². The first-order valence-electron chi connectivity index (χ1n) is 12.2. The molecule has 0 aliphatic heterocycles. The van der Waals surface area contributed by atoms with Crippen LogP contribution in [0.3, 0.4) is 0 Å². The highest BCUT2D eigenvalue weighted by Gasteiger charge is 2.37. The summed E-state index contributed by atoms with van der Waals surface area (Å²) < 4.78 is 0.194. The van der Waals surface area contributed by atoms with Crippen LogP contribution < -0.4 is 0 Å². The van der Waals surface area contributed by atoms with Gasteiger partial charge in [0.15, 0.2) is 0 Å². The quantitative estimate of drug-likeness (QED) is 0.134. The first-order chi connectivity index (χ1) is 15.0. The average molecular weight is 457 g/mol. The number of allylic oxidation sites excluding steroid dienone is 2. The van der Waals surface area contributed by atoms with E-state index in [1.54, 1.807) is 20.8 Å². The van der Waals surface area contributed by atoms with Gasteiger partial charge in [0, 0.05) is 6.42 Å². The number of aliphatic carboxylic acids is 3. The number of rotatable bonds is 20. The molecule has 32 heavy (non-hydrogen) atoms. The summed E-state index contributed by atoms with van der Waals surface area (Å²) in [6.07, 6.45) is 14.5. The van der Waals surface area contributed by atoms with Crippen molar-refractivity contribution in [1.29, 1.82) is 0 Å². The molecule has 186 valence electrons. The number of unbranched alkanes of at least 4 members (excludes halogenated alkanes) is 7. The molecule has 0 spiro atoms. The molecular weight excluding hydrogens is 410 g/mol. The zero-order valence-corrected chi connectivity index (χ0v) is 20.6. The molecule has 0 aliphatic carbocycles. The lowest BCUT2D eigenvalue weighted by Gasteiger charge is -2.42. The SMILES string of the molecule is CCCCCCCC/C=C/CCC[N+](CC(C)C(=O)O)(CC(C)C(=O)O)CC(C)C(=O)O. The number of hydrogen-bond donors (Lipinski definition) is 3. The highest BCUT2D eigenvalue weighted by Crippen LogP contribution is 2.21. The van der Waals surface area contributed by atoms with Crippen molar-refractivity contribution in [2.75, 3.05) is 26.2 Å². The van der Waals surface area contributed by atoms with Crippen LogP contribution in [0.15, 0.2) is 12.2 Å². The van der Waals surface area contributed by atoms with E-state index in [1.165, 1.54) is 38.5 Å². The number of quaternary nitrogens is 1. The fourth-order valence-electron chi connectivity index (χ4n) is 4.30. The number of carboxylic acids is 3. The molecular formula is C25H46NO6+. The molecule has 0 aliphatic rings. The minimum absolute atomic E-state index is 0.194. The lowest BCUT2D eigenvalue weighted by molar-refractivity contribution is -0.934. The second-order valence-corrected chi connectivity index (χ2v) is 9.50. The normalized spacial score (nSPS) is 16.4. The minimum Gasteiger partial charge on any atom is -0.481 e. The predicted octanol–water partition coefficient (Wildman–Crippen LogP) is 5.05. The molecule has 0 radical (unpaired) electrons. The van der Waals surface area contributed by atoms with Crippen molar-refractivity contribution in [3.63, 3.8) is 0 Å². The summed E-state index contributed by atoms with van der Waals surface area (Å²) in [6.45, 7) is 8.27. The summed E-state index contributed by atoms with van der Waals surface area (Å²) in [5.41, 5.74) is 0. The lowest BCUT2D eigenvalue weighted by atomic mass is 10.0. The maximum atomic E-state index is 11.5. The monoisotopic (exact) mass is 456 g/mol. The third-order valence-corrected chi connectivity index (χ3v) is 6.14. The van der Waals surface area contributed by atoms with Crippen LogP contribution >= 0.6 is 0 Å². The smallest absolute Gasteiger partial charge is 0.311 e. The molecule has 0 saturated heterocycles. The predicted molar refractivity (Wildman–Crippen MR) is 126 cm³/mol. The Bertz CT molecular complexity index is 534. The molecule has 7 nitrogen and oxygen atoms in total. The zero-order valence-electron chi connectivity index (χ0n) is 20.6. The fourth-order valence-corrected chi connectivity index (χ4v) is 4.30. The Hall–Kier alpha value is -1.89. The van der Waals surface area contributed by atoms with Gasteiger partial charge in [0.25, 0.3) is 0 Å². The van der Waals surface area contributed by atoms with Crippen molar-refractivity contribution in [3.05, 3.63) is 12.2 Å². The van der Waals surface area contributed by atoms with Crippen LogP contribution in [0.5, 0.6) is 0 Å². The highest BCUT2D eigenvalue weighted by atomic mass is 16.4. The summed E-state index contributed by atoms with van der Waals surface area (Å²) in [5.74, 6) is -4.88. The average Bonchev–Trinajstić information content (AvgIpc) is 2.71. The molecule has 0 saturated carbocycles. The van der Waals surface area contributed by atoms with Gasteiger partial charge in [0.2, 0.25) is 0 Å². The van der Waals surface area contributed by atoms with Crippen molar-refractivity contribution >= 4 is 17.9 Å². The van der Waals surface area contributed by atoms with E-state index in [4.69, 9.17) is 0 Å². The van der Waals surface area contributed by atoms with E-state index in [0.717, 1.165) is 19.3 Å². The van der Waals surface area contributed by atoms with E-state index in [-0.39, 0.29) is 24.1 Å². The first kappa shape index (κ1) is 30.1. The Morgan fingerprint density at radius 2 is 1.03 bits per heavy atom. The molecule has 0 aromatic rings. The molecule has 0 heterocycles. The summed E-state index contributed by atoms with van der Waals surface area (Å²) >= 11 is 0. The van der Waals surface area contributed by atoms with E-state index in [0.29, 0.717) is 6.54 Å². The third-order valence-electron chi connectivity index (χ3n) is 6.14. The van der Waals surface area contributed by atoms with Crippen molar-refractivity contribution in [2.45, 2.75) is 85.5 Å². The summed E-state index contributed by atoms with van der Waals surface area (Å²) in [6, 6.07) is 0. The van der Waals surface area contributed by atoms with Gasteiger partial charge >= 0.3 is 17.9 Å². The zero-order chi connectivity index (χ0) is 24.6. The lowest BCUT2D eigenvalue weighted by Crippen LogP contribution is -2.57. The van der Waals surface area contributed by atoms with Crippen LogP contribution in [-0.2, 0) is 14.4 Å². The van der Waals surface area contributed by atoms with Crippen molar-refractivity contribution in [2.24, 2.45) is 17.8 Å². The molecule has 3 unspecified atom stereocenters. The number of nitrogens with zero attached hydrogens (tertiary/aromatic N) is 1. The molecule has 0 bridgehead atoms. The number of carbonyl (C=O) groups is 3. The van der Waals surface area contributed by atoms with E-state index < -0.39 is 35.7 Å². The summed E-state index contributed by atoms with van der Waals surface area (Å²) in [7, 11) is 0. The van der Waals surface area contributed by atoms with E-state index in [1.807, 2.05) is 0 Å². The van der Waals surface area contributed by atoms with Crippen LogP contribution in [0.1, 0.15) is 85.5 Å². The van der Waals surface area contributed by atoms with Crippen LogP contribution in [-0.4, -0.2) is 63.9 Å². The van der Waals surface area contributed by atoms with Gasteiger partial charge in [-0.25, -0.2) is 0 Å². The Morgan fingerprint density at radius 3 is 1.44 bits per heavy atom. The molecule has 0 aromatic heterocycles. The molecule has 0 fully saturated rings. The molecule has 0 aromatic carbocycles. The summed E-state index contributed by atoms with van der Waals surface area (Å²) in [4.78, 5) is 34.6. The van der Waals surface area contributed by atoms with Gasteiger partial charge in [0.05, 0.1) is 26.2 Å². The highest BCUT2D eigenvalue weighted by molar-refractivity contribution is 5.70. The van der Waals surface area contributed by atoms with Crippen LogP contribution in [0.4, 0.5) is 0 Å². The summed E-state index contributed by atoms with van der Waals surface area (Å²) in [5, 5.41) is 28.3. The van der Waals surface area contributed by atoms with E-state index >= 15 is 0 Å². The molecule has 3 atom stereocenters. The molecule has 3 N–H and O–H groups in total. The first-order valence-corrected chi connectivity index (χ1v) is 12.2. The van der Waals surface area contributed by atoms with Crippen molar-refractivity contribution < 1.29 is 34.2 Å². The Morgan fingerprint density at radius 1 is 0.656 bits per heavy atom. The van der Waals surface area contributed by atoms with Gasteiger partial charge in [0.1, 0.15) is 17.8 Å². The minimum atomic E-state index is -0.947. The van der Waals surface area contributed by atoms with Crippen molar-refractivity contribution in [1.82, 2.24) is 0 Å². The van der Waals surface area contributed by atoms with Crippen LogP contribution in [0, 0.1) is 17.8 Å². The van der Waals surface area contributed by atoms with Crippen LogP contribution in [0.2, 0.25) is 0 Å². The van der Waals surface area contributed by atoms with Gasteiger partial charge in [-0.15, -0.1) is 0 Å². The number of hydrogen-bond acceptors (Lipinski definition) is 3. The maximum absolute atomic E-state index is 11.5. The maximum Gasteiger partial charge on any atom is 0.311 e. The van der Waals surface area contributed by atoms with Gasteiger partial charge in [-0.1, -0.05) is 51.2 Å². The van der Waals surface area contributed by atoms with Gasteiger partial charge in [-0.2, -0.15) is 0 Å². The van der Waals surface area contributed by atoms with E-state index in [9.17, 15) is 29.7 Å². The molecule has 7 heteroatoms. The second kappa shape index (κ2) is 16.7. The molecule has 0 rings (SSSR count). The molecule has 0 amide bonds. The Labute approximate surface area is 194 Å². The Kier molecular flexibility index (Phi) is 15.7. The second-order valence-electron chi connectivity index (χ2n) is 9.50. The Balaban J connectivity index is 5.03. The van der Waals surface area contributed by atoms with Gasteiger partial charge in [-0.3, -0.25) is 14.4 Å². The fraction of sp³-hybridized carbons (Fsp3) is 0.800. The van der Waals surface area contributed by atoms with Gasteiger partial charge < -0.3 is 19.8 Å². The third kappa shape index (κ3) is 13.5. The standard InChI is InChI=1S/C25H45NO6/c1-5-6-7-8-9-10-11-12-13-14-15-16-26(17-20(2)23(27)28,18-21(3)24(29)30)19-22(4)25(31)32/h12-13,20-22H,5-11,14-19H2,1-4H3,(H2-,27,28,29,30,31,32)/p+1/b13-12+. The van der Waals surface area contributed by atoms with Crippen molar-refractivity contribution in [3.8, 4) is 0 Å². The van der Waals surface area contributed by atoms with E-state index in [2.05, 4.69) is 19.1 Å².